The number of hydrogen-bond acceptors (Lipinski definition) is 3. The van der Waals surface area contributed by atoms with Crippen molar-refractivity contribution in [1.82, 2.24) is 4.98 Å². The van der Waals surface area contributed by atoms with Crippen LogP contribution in [0.15, 0.2) is 24.3 Å². The number of carbonyl (C=O) groups is 1. The molecule has 3 rings (SSSR count). The molecule has 1 saturated carbocycles. The number of thiazole rings is 1. The number of amides is 1. The highest BCUT2D eigenvalue weighted by Gasteiger charge is 2.23. The van der Waals surface area contributed by atoms with E-state index in [1.165, 1.54) is 60.2 Å². The van der Waals surface area contributed by atoms with Gasteiger partial charge in [0.25, 0.3) is 0 Å². The fourth-order valence-electron chi connectivity index (χ4n) is 3.30. The van der Waals surface area contributed by atoms with E-state index in [2.05, 4.69) is 24.4 Å². The van der Waals surface area contributed by atoms with E-state index >= 15 is 0 Å². The summed E-state index contributed by atoms with van der Waals surface area (Å²) < 4.78 is 0. The van der Waals surface area contributed by atoms with E-state index in [0.29, 0.717) is 5.92 Å². The van der Waals surface area contributed by atoms with Crippen molar-refractivity contribution in [3.05, 3.63) is 35.0 Å². The van der Waals surface area contributed by atoms with Gasteiger partial charge in [0.1, 0.15) is 0 Å². The first-order valence-corrected chi connectivity index (χ1v) is 9.36. The van der Waals surface area contributed by atoms with Crippen LogP contribution in [0.1, 0.15) is 62.6 Å². The van der Waals surface area contributed by atoms with Gasteiger partial charge in [-0.25, -0.2) is 4.98 Å². The van der Waals surface area contributed by atoms with E-state index in [9.17, 15) is 4.79 Å². The summed E-state index contributed by atoms with van der Waals surface area (Å²) in [5.41, 5.74) is 3.37. The Morgan fingerprint density at radius 3 is 2.52 bits per heavy atom. The smallest absolute Gasteiger partial charge is 0.221 e. The number of aromatic nitrogens is 1. The lowest BCUT2D eigenvalue weighted by Crippen LogP contribution is -2.06. The van der Waals surface area contributed by atoms with Crippen LogP contribution in [-0.2, 0) is 11.2 Å². The van der Waals surface area contributed by atoms with E-state index in [0.717, 1.165) is 12.1 Å². The van der Waals surface area contributed by atoms with Crippen molar-refractivity contribution in [2.45, 2.75) is 58.3 Å². The molecule has 122 valence electrons. The molecule has 2 aromatic rings. The number of benzene rings is 1. The average Bonchev–Trinajstić information content (AvgIpc) is 3.00. The van der Waals surface area contributed by atoms with Crippen molar-refractivity contribution in [1.29, 1.82) is 0 Å². The number of anilines is 1. The van der Waals surface area contributed by atoms with Gasteiger partial charge in [0.15, 0.2) is 0 Å². The standard InChI is InChI=1S/C19H24N2OS/c1-3-17-21-18(14-7-5-4-6-8-14)19(23-17)15-9-11-16(12-10-15)20-13(2)22/h9-12,14H,3-8H2,1-2H3,(H,20,22). The van der Waals surface area contributed by atoms with Gasteiger partial charge in [-0.1, -0.05) is 38.3 Å². The topological polar surface area (TPSA) is 42.0 Å². The number of hydrogen-bond donors (Lipinski definition) is 1. The second kappa shape index (κ2) is 7.26. The number of nitrogens with one attached hydrogen (secondary N) is 1. The summed E-state index contributed by atoms with van der Waals surface area (Å²) in [5, 5.41) is 4.05. The maximum absolute atomic E-state index is 11.2. The summed E-state index contributed by atoms with van der Waals surface area (Å²) >= 11 is 1.83. The zero-order valence-electron chi connectivity index (χ0n) is 13.9. The van der Waals surface area contributed by atoms with Gasteiger partial charge in [-0.3, -0.25) is 4.79 Å². The number of aryl methyl sites for hydroxylation is 1. The first-order chi connectivity index (χ1) is 11.2. The largest absolute Gasteiger partial charge is 0.326 e. The van der Waals surface area contributed by atoms with Crippen LogP contribution in [0.2, 0.25) is 0 Å². The summed E-state index contributed by atoms with van der Waals surface area (Å²) in [5.74, 6) is 0.581. The Morgan fingerprint density at radius 1 is 1.22 bits per heavy atom. The molecular formula is C19H24N2OS. The fraction of sp³-hybridized carbons (Fsp3) is 0.474. The van der Waals surface area contributed by atoms with Gasteiger partial charge in [-0.2, -0.15) is 0 Å². The summed E-state index contributed by atoms with van der Waals surface area (Å²) in [6.45, 7) is 3.71. The van der Waals surface area contributed by atoms with Gasteiger partial charge in [0, 0.05) is 18.5 Å². The molecule has 0 unspecified atom stereocenters. The van der Waals surface area contributed by atoms with Crippen LogP contribution in [0.3, 0.4) is 0 Å². The summed E-state index contributed by atoms with van der Waals surface area (Å²) in [6.07, 6.45) is 7.54. The molecule has 0 spiro atoms. The lowest BCUT2D eigenvalue weighted by Gasteiger charge is -2.21. The Labute approximate surface area is 142 Å². The maximum Gasteiger partial charge on any atom is 0.221 e. The number of nitrogens with zero attached hydrogens (tertiary/aromatic N) is 1. The van der Waals surface area contributed by atoms with Crippen molar-refractivity contribution in [2.75, 3.05) is 5.32 Å². The minimum Gasteiger partial charge on any atom is -0.326 e. The molecule has 0 radical (unpaired) electrons. The Kier molecular flexibility index (Phi) is 5.11. The highest BCUT2D eigenvalue weighted by atomic mass is 32.1. The quantitative estimate of drug-likeness (QED) is 0.819. The molecule has 1 aliphatic carbocycles. The number of rotatable bonds is 4. The average molecular weight is 328 g/mol. The molecular weight excluding hydrogens is 304 g/mol. The predicted octanol–water partition coefficient (Wildman–Crippen LogP) is 5.38. The third-order valence-corrected chi connectivity index (χ3v) is 5.72. The van der Waals surface area contributed by atoms with Crippen molar-refractivity contribution in [3.63, 3.8) is 0 Å². The molecule has 0 aliphatic heterocycles. The van der Waals surface area contributed by atoms with Gasteiger partial charge in [0.2, 0.25) is 5.91 Å². The SMILES string of the molecule is CCc1nc(C2CCCCC2)c(-c2ccc(NC(C)=O)cc2)s1. The second-order valence-electron chi connectivity index (χ2n) is 6.27. The van der Waals surface area contributed by atoms with Gasteiger partial charge < -0.3 is 5.32 Å². The van der Waals surface area contributed by atoms with Gasteiger partial charge >= 0.3 is 0 Å². The molecule has 0 atom stereocenters. The molecule has 0 bridgehead atoms. The number of carbonyl (C=O) groups excluding carboxylic acids is 1. The minimum atomic E-state index is -0.0355. The normalized spacial score (nSPS) is 15.6. The molecule has 23 heavy (non-hydrogen) atoms. The summed E-state index contributed by atoms with van der Waals surface area (Å²) in [7, 11) is 0. The van der Waals surface area contributed by atoms with Gasteiger partial charge in [0.05, 0.1) is 15.6 Å². The molecule has 1 fully saturated rings. The van der Waals surface area contributed by atoms with Crippen LogP contribution in [0.5, 0.6) is 0 Å². The lowest BCUT2D eigenvalue weighted by atomic mass is 9.86. The van der Waals surface area contributed by atoms with Crippen molar-refractivity contribution in [3.8, 4) is 10.4 Å². The van der Waals surface area contributed by atoms with E-state index in [4.69, 9.17) is 4.98 Å². The molecule has 1 amide bonds. The Balaban J connectivity index is 1.91. The molecule has 1 aromatic carbocycles. The van der Waals surface area contributed by atoms with Crippen LogP contribution in [0.25, 0.3) is 10.4 Å². The Morgan fingerprint density at radius 2 is 1.91 bits per heavy atom. The fourth-order valence-corrected chi connectivity index (χ4v) is 4.39. The maximum atomic E-state index is 11.2. The van der Waals surface area contributed by atoms with Gasteiger partial charge in [-0.15, -0.1) is 11.3 Å². The molecule has 1 aromatic heterocycles. The Hall–Kier alpha value is -1.68. The molecule has 1 N–H and O–H groups in total. The van der Waals surface area contributed by atoms with Crippen LogP contribution in [-0.4, -0.2) is 10.9 Å². The molecule has 4 heteroatoms. The van der Waals surface area contributed by atoms with E-state index in [1.54, 1.807) is 0 Å². The summed E-state index contributed by atoms with van der Waals surface area (Å²) in [6, 6.07) is 8.16. The van der Waals surface area contributed by atoms with Crippen LogP contribution < -0.4 is 5.32 Å². The molecule has 1 heterocycles. The highest BCUT2D eigenvalue weighted by molar-refractivity contribution is 7.15. The monoisotopic (exact) mass is 328 g/mol. The van der Waals surface area contributed by atoms with Crippen molar-refractivity contribution >= 4 is 22.9 Å². The summed E-state index contributed by atoms with van der Waals surface area (Å²) in [4.78, 5) is 17.4. The minimum absolute atomic E-state index is 0.0355. The van der Waals surface area contributed by atoms with Crippen molar-refractivity contribution < 1.29 is 4.79 Å². The molecule has 1 aliphatic rings. The first-order valence-electron chi connectivity index (χ1n) is 8.55. The Bertz CT molecular complexity index is 669. The molecule has 3 nitrogen and oxygen atoms in total. The van der Waals surface area contributed by atoms with Crippen molar-refractivity contribution in [2.24, 2.45) is 0 Å². The second-order valence-corrected chi connectivity index (χ2v) is 7.35. The van der Waals surface area contributed by atoms with E-state index in [1.807, 2.05) is 23.5 Å². The molecule has 0 saturated heterocycles. The third kappa shape index (κ3) is 3.81. The predicted molar refractivity (Wildman–Crippen MR) is 97.1 cm³/mol. The van der Waals surface area contributed by atoms with Crippen LogP contribution in [0, 0.1) is 0 Å². The lowest BCUT2D eigenvalue weighted by molar-refractivity contribution is -0.114. The first kappa shape index (κ1) is 16.2. The van der Waals surface area contributed by atoms with Gasteiger partial charge in [-0.05, 0) is 37.0 Å². The highest BCUT2D eigenvalue weighted by Crippen LogP contribution is 2.41. The third-order valence-electron chi connectivity index (χ3n) is 4.46. The zero-order chi connectivity index (χ0) is 16.2. The van der Waals surface area contributed by atoms with Crippen LogP contribution in [0.4, 0.5) is 5.69 Å². The van der Waals surface area contributed by atoms with E-state index < -0.39 is 0 Å². The van der Waals surface area contributed by atoms with Crippen LogP contribution >= 0.6 is 11.3 Å². The zero-order valence-corrected chi connectivity index (χ0v) is 14.7. The van der Waals surface area contributed by atoms with E-state index in [-0.39, 0.29) is 5.91 Å².